The zero-order chi connectivity index (χ0) is 31.1. The van der Waals surface area contributed by atoms with Crippen molar-refractivity contribution in [2.45, 2.75) is 72.2 Å². The molecule has 3 aliphatic rings. The lowest BCUT2D eigenvalue weighted by Crippen LogP contribution is -2.58. The first-order chi connectivity index (χ1) is 19.3. The van der Waals surface area contributed by atoms with Crippen LogP contribution in [0.15, 0.2) is 47.4 Å². The number of carbonyl (C=O) groups is 2. The lowest BCUT2D eigenvalue weighted by atomic mass is 9.67. The van der Waals surface area contributed by atoms with E-state index < -0.39 is 61.5 Å². The molecule has 2 aromatic rings. The average molecular weight is 733 g/mol. The zero-order valence-corrected chi connectivity index (χ0v) is 24.5. The van der Waals surface area contributed by atoms with E-state index in [1.807, 2.05) is 22.6 Å². The molecule has 0 unspecified atom stereocenters. The van der Waals surface area contributed by atoms with E-state index in [0.717, 1.165) is 6.07 Å². The number of sulfone groups is 1. The van der Waals surface area contributed by atoms with Crippen molar-refractivity contribution in [1.82, 2.24) is 4.90 Å². The Morgan fingerprint density at radius 2 is 1.52 bits per heavy atom. The minimum atomic E-state index is -6.36. The Morgan fingerprint density at radius 3 is 2.02 bits per heavy atom. The smallest absolute Gasteiger partial charge is 0.435 e. The predicted molar refractivity (Wildman–Crippen MR) is 142 cm³/mol. The molecule has 1 heterocycles. The van der Waals surface area contributed by atoms with Crippen molar-refractivity contribution in [3.05, 3.63) is 62.7 Å². The van der Waals surface area contributed by atoms with E-state index in [1.54, 1.807) is 0 Å². The van der Waals surface area contributed by atoms with Gasteiger partial charge in [0, 0.05) is 15.7 Å². The van der Waals surface area contributed by atoms with E-state index in [0.29, 0.717) is 22.1 Å². The molecule has 2 aliphatic carbocycles. The van der Waals surface area contributed by atoms with Gasteiger partial charge in [-0.05, 0) is 90.1 Å². The lowest BCUT2D eigenvalue weighted by molar-refractivity contribution is -0.348. The molecule has 15 heteroatoms. The zero-order valence-electron chi connectivity index (χ0n) is 21.5. The van der Waals surface area contributed by atoms with Gasteiger partial charge in [-0.1, -0.05) is 24.6 Å². The summed E-state index contributed by atoms with van der Waals surface area (Å²) in [7, 11) is -4.50. The number of halogens is 8. The first-order valence-electron chi connectivity index (χ1n) is 12.9. The summed E-state index contributed by atoms with van der Waals surface area (Å²) >= 11 is 1.95. The largest absolute Gasteiger partial charge is 0.480 e. The van der Waals surface area contributed by atoms with E-state index in [1.165, 1.54) is 29.2 Å². The average Bonchev–Trinajstić information content (AvgIpc) is 3.27. The second-order valence-corrected chi connectivity index (χ2v) is 14.4. The molecule has 1 amide bonds. The van der Waals surface area contributed by atoms with Crippen molar-refractivity contribution in [3.8, 4) is 0 Å². The number of fused-ring (bicyclic) bond motifs is 3. The molecule has 6 nitrogen and oxygen atoms in total. The summed E-state index contributed by atoms with van der Waals surface area (Å²) < 4.78 is 124. The van der Waals surface area contributed by atoms with Gasteiger partial charge in [0.2, 0.25) is 5.91 Å². The standard InChI is InChI=1S/C27H23F7INO5S/c28-25(26(29,30)31,27(32,33)34)16-3-8-19-15(14-16)2-9-20-24(19,42(40,41)18-6-4-17(35)5-7-18)12-13-36(20)21(37)23(22(38)39)10-1-11-23/h3-8,14,20H,1-2,9-13H2,(H,38,39)/t20-,24-/m1/s1. The Labute approximate surface area is 249 Å². The number of benzene rings is 2. The molecule has 42 heavy (non-hydrogen) atoms. The molecule has 2 atom stereocenters. The molecule has 2 aromatic carbocycles. The van der Waals surface area contributed by atoms with Gasteiger partial charge in [-0.25, -0.2) is 12.8 Å². The summed E-state index contributed by atoms with van der Waals surface area (Å²) in [6.45, 7) is -0.207. The number of nitrogens with zero attached hydrogens (tertiary/aromatic N) is 1. The van der Waals surface area contributed by atoms with Crippen LogP contribution in [0, 0.1) is 8.99 Å². The van der Waals surface area contributed by atoms with Crippen molar-refractivity contribution in [2.24, 2.45) is 5.41 Å². The number of carboxylic acid groups (broad SMARTS) is 1. The van der Waals surface area contributed by atoms with Crippen LogP contribution >= 0.6 is 22.6 Å². The monoisotopic (exact) mass is 733 g/mol. The minimum absolute atomic E-state index is 0.0503. The number of aryl methyl sites for hydroxylation is 1. The maximum Gasteiger partial charge on any atom is 0.435 e. The van der Waals surface area contributed by atoms with Gasteiger partial charge in [-0.15, -0.1) is 0 Å². The van der Waals surface area contributed by atoms with Crippen LogP contribution < -0.4 is 0 Å². The van der Waals surface area contributed by atoms with E-state index in [-0.39, 0.29) is 54.7 Å². The highest BCUT2D eigenvalue weighted by Crippen LogP contribution is 2.57. The molecule has 1 saturated carbocycles. The molecule has 0 bridgehead atoms. The van der Waals surface area contributed by atoms with Crippen molar-refractivity contribution >= 4 is 44.3 Å². The summed E-state index contributed by atoms with van der Waals surface area (Å²) in [4.78, 5) is 26.8. The summed E-state index contributed by atoms with van der Waals surface area (Å²) in [5.74, 6) is -2.13. The topological polar surface area (TPSA) is 91.8 Å². The summed E-state index contributed by atoms with van der Waals surface area (Å²) in [6.07, 6.45) is -12.9. The fraction of sp³-hybridized carbons (Fsp3) is 0.481. The molecule has 1 saturated heterocycles. The van der Waals surface area contributed by atoms with Crippen LogP contribution in [-0.4, -0.2) is 55.2 Å². The Bertz CT molecular complexity index is 1540. The molecule has 0 aromatic heterocycles. The maximum atomic E-state index is 15.0. The van der Waals surface area contributed by atoms with Gasteiger partial charge < -0.3 is 10.0 Å². The van der Waals surface area contributed by atoms with E-state index in [2.05, 4.69) is 0 Å². The summed E-state index contributed by atoms with van der Waals surface area (Å²) in [5, 5.41) is 9.85. The molecule has 1 N–H and O–H groups in total. The van der Waals surface area contributed by atoms with Crippen molar-refractivity contribution < 1.29 is 53.8 Å². The molecule has 5 rings (SSSR count). The highest BCUT2D eigenvalue weighted by atomic mass is 127. The van der Waals surface area contributed by atoms with Crippen LogP contribution in [-0.2, 0) is 36.3 Å². The predicted octanol–water partition coefficient (Wildman–Crippen LogP) is 6.05. The molecular weight excluding hydrogens is 710 g/mol. The van der Waals surface area contributed by atoms with Crippen LogP contribution in [0.3, 0.4) is 0 Å². The van der Waals surface area contributed by atoms with Gasteiger partial charge >= 0.3 is 24.0 Å². The van der Waals surface area contributed by atoms with Gasteiger partial charge in [0.15, 0.2) is 9.84 Å². The Morgan fingerprint density at radius 1 is 0.929 bits per heavy atom. The number of likely N-dealkylation sites (tertiary alicyclic amines) is 1. The maximum absolute atomic E-state index is 15.0. The molecular formula is C27H23F7INO5S. The van der Waals surface area contributed by atoms with Crippen LogP contribution in [0.2, 0.25) is 0 Å². The minimum Gasteiger partial charge on any atom is -0.480 e. The quantitative estimate of drug-likeness (QED) is 0.230. The van der Waals surface area contributed by atoms with E-state index >= 15 is 0 Å². The number of rotatable bonds is 5. The Kier molecular flexibility index (Phi) is 7.23. The van der Waals surface area contributed by atoms with Crippen LogP contribution in [0.5, 0.6) is 0 Å². The molecule has 0 spiro atoms. The lowest BCUT2D eigenvalue weighted by Gasteiger charge is -2.46. The van der Waals surface area contributed by atoms with Crippen molar-refractivity contribution in [3.63, 3.8) is 0 Å². The van der Waals surface area contributed by atoms with Crippen LogP contribution in [0.25, 0.3) is 0 Å². The third kappa shape index (κ3) is 4.11. The highest BCUT2D eigenvalue weighted by Gasteiger charge is 2.74. The fourth-order valence-corrected chi connectivity index (χ4v) is 9.35. The van der Waals surface area contributed by atoms with Gasteiger partial charge in [0.1, 0.15) is 10.2 Å². The second kappa shape index (κ2) is 9.79. The SMILES string of the molecule is O=C(O)C1(C(=O)N2CC[C@@]3(S(=O)(=O)c4ccc(I)cc4)c4ccc(C(F)(C(F)(F)F)C(F)(F)F)cc4CC[C@@H]23)CCC1. The Balaban J connectivity index is 1.71. The normalized spacial score (nSPS) is 24.0. The third-order valence-corrected chi connectivity index (χ3v) is 12.2. The van der Waals surface area contributed by atoms with Crippen molar-refractivity contribution in [1.29, 1.82) is 0 Å². The van der Waals surface area contributed by atoms with E-state index in [4.69, 9.17) is 0 Å². The summed E-state index contributed by atoms with van der Waals surface area (Å²) in [5.41, 5.74) is -9.53. The summed E-state index contributed by atoms with van der Waals surface area (Å²) in [6, 6.07) is 5.93. The molecule has 228 valence electrons. The van der Waals surface area contributed by atoms with Crippen LogP contribution in [0.4, 0.5) is 30.7 Å². The molecule has 2 fully saturated rings. The van der Waals surface area contributed by atoms with Gasteiger partial charge in [-0.3, -0.25) is 9.59 Å². The van der Waals surface area contributed by atoms with Crippen molar-refractivity contribution in [2.75, 3.05) is 6.54 Å². The van der Waals surface area contributed by atoms with E-state index in [9.17, 15) is 53.8 Å². The number of hydrogen-bond donors (Lipinski definition) is 1. The van der Waals surface area contributed by atoms with Gasteiger partial charge in [0.25, 0.3) is 0 Å². The van der Waals surface area contributed by atoms with Gasteiger partial charge in [0.05, 0.1) is 10.9 Å². The Hall–Kier alpha value is -2.43. The first-order valence-corrected chi connectivity index (χ1v) is 15.4. The number of amides is 1. The second-order valence-electron chi connectivity index (χ2n) is 10.9. The van der Waals surface area contributed by atoms with Gasteiger partial charge in [-0.2, -0.15) is 26.3 Å². The first kappa shape index (κ1) is 31.0. The fourth-order valence-electron chi connectivity index (χ4n) is 6.62. The molecule has 0 radical (unpaired) electrons. The van der Waals surface area contributed by atoms with Crippen LogP contribution in [0.1, 0.15) is 48.8 Å². The number of carboxylic acids is 1. The number of aliphatic carboxylic acids is 1. The number of alkyl halides is 7. The molecule has 1 aliphatic heterocycles. The highest BCUT2D eigenvalue weighted by molar-refractivity contribution is 14.1. The number of hydrogen-bond acceptors (Lipinski definition) is 4. The number of carbonyl (C=O) groups excluding carboxylic acids is 1. The third-order valence-electron chi connectivity index (χ3n) is 8.96.